The third kappa shape index (κ3) is 5.91. The fourth-order valence-electron chi connectivity index (χ4n) is 2.18. The minimum Gasteiger partial charge on any atom is -0.497 e. The first kappa shape index (κ1) is 18.4. The van der Waals surface area contributed by atoms with Crippen LogP contribution in [-0.4, -0.2) is 25.1 Å². The van der Waals surface area contributed by atoms with Gasteiger partial charge in [-0.05, 0) is 42.3 Å². The summed E-state index contributed by atoms with van der Waals surface area (Å²) in [5.74, 6) is -0.675. The van der Waals surface area contributed by atoms with Crippen LogP contribution in [0, 0.1) is 5.82 Å². The summed E-state index contributed by atoms with van der Waals surface area (Å²) in [7, 11) is 1.58. The predicted octanol–water partition coefficient (Wildman–Crippen LogP) is 2.62. The lowest BCUT2D eigenvalue weighted by atomic mass is 10.1. The number of ether oxygens (including phenoxy) is 2. The van der Waals surface area contributed by atoms with Crippen molar-refractivity contribution in [3.8, 4) is 5.75 Å². The molecule has 2 rings (SSSR count). The van der Waals surface area contributed by atoms with Crippen LogP contribution in [0.25, 0.3) is 0 Å². The van der Waals surface area contributed by atoms with Gasteiger partial charge in [-0.25, -0.2) is 4.39 Å². The molecule has 2 aromatic carbocycles. The molecule has 6 heteroatoms. The van der Waals surface area contributed by atoms with E-state index in [-0.39, 0.29) is 6.42 Å². The van der Waals surface area contributed by atoms with Crippen molar-refractivity contribution in [1.29, 1.82) is 0 Å². The molecule has 25 heavy (non-hydrogen) atoms. The number of halogens is 1. The Morgan fingerprint density at radius 1 is 1.12 bits per heavy atom. The van der Waals surface area contributed by atoms with E-state index in [9.17, 15) is 14.0 Å². The van der Waals surface area contributed by atoms with Crippen LogP contribution < -0.4 is 10.1 Å². The van der Waals surface area contributed by atoms with Crippen LogP contribution in [0.4, 0.5) is 4.39 Å². The highest BCUT2D eigenvalue weighted by Gasteiger charge is 2.17. The molecular weight excluding hydrogens is 325 g/mol. The van der Waals surface area contributed by atoms with Gasteiger partial charge in [0.1, 0.15) is 11.6 Å². The van der Waals surface area contributed by atoms with E-state index in [4.69, 9.17) is 9.47 Å². The molecule has 0 aliphatic rings. The normalized spacial score (nSPS) is 11.5. The molecule has 1 unspecified atom stereocenters. The number of benzene rings is 2. The van der Waals surface area contributed by atoms with Crippen molar-refractivity contribution in [3.63, 3.8) is 0 Å². The second-order valence-corrected chi connectivity index (χ2v) is 5.50. The lowest BCUT2D eigenvalue weighted by Crippen LogP contribution is -2.35. The predicted molar refractivity (Wildman–Crippen MR) is 90.5 cm³/mol. The van der Waals surface area contributed by atoms with Gasteiger partial charge >= 0.3 is 5.97 Å². The number of nitrogens with one attached hydrogen (secondary N) is 1. The smallest absolute Gasteiger partial charge is 0.311 e. The van der Waals surface area contributed by atoms with Crippen LogP contribution in [-0.2, 0) is 27.3 Å². The molecule has 0 spiro atoms. The molecule has 1 amide bonds. The summed E-state index contributed by atoms with van der Waals surface area (Å²) >= 11 is 0. The molecule has 0 heterocycles. The highest BCUT2D eigenvalue weighted by atomic mass is 19.1. The van der Waals surface area contributed by atoms with E-state index in [1.165, 1.54) is 25.1 Å². The maximum Gasteiger partial charge on any atom is 0.311 e. The van der Waals surface area contributed by atoms with Crippen LogP contribution in [0.15, 0.2) is 48.5 Å². The van der Waals surface area contributed by atoms with Gasteiger partial charge in [-0.3, -0.25) is 9.59 Å². The number of rotatable bonds is 7. The quantitative estimate of drug-likeness (QED) is 0.784. The molecule has 5 nitrogen and oxygen atoms in total. The van der Waals surface area contributed by atoms with Crippen molar-refractivity contribution in [2.75, 3.05) is 7.11 Å². The number of carbonyl (C=O) groups excluding carboxylic acids is 2. The van der Waals surface area contributed by atoms with Crippen LogP contribution in [0.3, 0.4) is 0 Å². The Morgan fingerprint density at radius 3 is 2.48 bits per heavy atom. The zero-order valence-corrected chi connectivity index (χ0v) is 14.1. The zero-order chi connectivity index (χ0) is 18.2. The van der Waals surface area contributed by atoms with Crippen molar-refractivity contribution in [2.45, 2.75) is 26.0 Å². The van der Waals surface area contributed by atoms with E-state index in [2.05, 4.69) is 5.32 Å². The van der Waals surface area contributed by atoms with Crippen LogP contribution in [0.1, 0.15) is 18.1 Å². The van der Waals surface area contributed by atoms with E-state index in [1.807, 2.05) is 12.1 Å². The summed E-state index contributed by atoms with van der Waals surface area (Å²) in [6.07, 6.45) is -1.02. The molecule has 0 aromatic heterocycles. The first-order valence-corrected chi connectivity index (χ1v) is 7.82. The molecule has 0 saturated carbocycles. The first-order chi connectivity index (χ1) is 12.0. The van der Waals surface area contributed by atoms with Crippen molar-refractivity contribution < 1.29 is 23.5 Å². The van der Waals surface area contributed by atoms with E-state index in [1.54, 1.807) is 25.3 Å². The first-order valence-electron chi connectivity index (χ1n) is 7.82. The molecule has 1 atom stereocenters. The lowest BCUT2D eigenvalue weighted by Gasteiger charge is -2.14. The highest BCUT2D eigenvalue weighted by Crippen LogP contribution is 2.11. The number of carbonyl (C=O) groups is 2. The van der Waals surface area contributed by atoms with Crippen LogP contribution in [0.5, 0.6) is 5.75 Å². The molecule has 0 radical (unpaired) electrons. The Morgan fingerprint density at radius 2 is 1.84 bits per heavy atom. The van der Waals surface area contributed by atoms with Gasteiger partial charge in [0.15, 0.2) is 6.10 Å². The molecule has 0 fully saturated rings. The summed E-state index contributed by atoms with van der Waals surface area (Å²) in [6.45, 7) is 1.81. The minimum atomic E-state index is -0.931. The SMILES string of the molecule is COc1ccc(CNC(=O)C(C)OC(=O)Cc2cccc(F)c2)cc1. The summed E-state index contributed by atoms with van der Waals surface area (Å²) in [5.41, 5.74) is 1.39. The lowest BCUT2D eigenvalue weighted by molar-refractivity contribution is -0.154. The van der Waals surface area contributed by atoms with E-state index < -0.39 is 23.8 Å². The Labute approximate surface area is 145 Å². The van der Waals surface area contributed by atoms with E-state index >= 15 is 0 Å². The summed E-state index contributed by atoms with van der Waals surface area (Å²) in [4.78, 5) is 23.9. The zero-order valence-electron chi connectivity index (χ0n) is 14.1. The monoisotopic (exact) mass is 345 g/mol. The fourth-order valence-corrected chi connectivity index (χ4v) is 2.18. The maximum atomic E-state index is 13.1. The van der Waals surface area contributed by atoms with Crippen molar-refractivity contribution in [3.05, 3.63) is 65.5 Å². The largest absolute Gasteiger partial charge is 0.497 e. The minimum absolute atomic E-state index is 0.0894. The second-order valence-electron chi connectivity index (χ2n) is 5.50. The Balaban J connectivity index is 1.79. The van der Waals surface area contributed by atoms with Gasteiger partial charge in [-0.15, -0.1) is 0 Å². The number of hydrogen-bond acceptors (Lipinski definition) is 4. The molecular formula is C19H20FNO4. The molecule has 0 saturated heterocycles. The van der Waals surface area contributed by atoms with Crippen molar-refractivity contribution in [1.82, 2.24) is 5.32 Å². The number of hydrogen-bond donors (Lipinski definition) is 1. The van der Waals surface area contributed by atoms with Gasteiger partial charge in [0, 0.05) is 6.54 Å². The summed E-state index contributed by atoms with van der Waals surface area (Å²) < 4.78 is 23.2. The van der Waals surface area contributed by atoms with Crippen LogP contribution in [0.2, 0.25) is 0 Å². The van der Waals surface area contributed by atoms with Gasteiger partial charge in [0.05, 0.1) is 13.5 Å². The van der Waals surface area contributed by atoms with Crippen LogP contribution >= 0.6 is 0 Å². The molecule has 0 bridgehead atoms. The molecule has 2 aromatic rings. The van der Waals surface area contributed by atoms with Gasteiger partial charge < -0.3 is 14.8 Å². The molecule has 1 N–H and O–H groups in total. The Hall–Kier alpha value is -2.89. The van der Waals surface area contributed by atoms with Crippen molar-refractivity contribution >= 4 is 11.9 Å². The number of amides is 1. The fraction of sp³-hybridized carbons (Fsp3) is 0.263. The summed E-state index contributed by atoms with van der Waals surface area (Å²) in [6, 6.07) is 13.0. The van der Waals surface area contributed by atoms with E-state index in [0.717, 1.165) is 11.3 Å². The average Bonchev–Trinajstić information content (AvgIpc) is 2.59. The van der Waals surface area contributed by atoms with Gasteiger partial charge in [-0.1, -0.05) is 24.3 Å². The maximum absolute atomic E-state index is 13.1. The van der Waals surface area contributed by atoms with Crippen molar-refractivity contribution in [2.24, 2.45) is 0 Å². The third-order valence-electron chi connectivity index (χ3n) is 3.54. The average molecular weight is 345 g/mol. The Bertz CT molecular complexity index is 730. The van der Waals surface area contributed by atoms with Gasteiger partial charge in [-0.2, -0.15) is 0 Å². The third-order valence-corrected chi connectivity index (χ3v) is 3.54. The standard InChI is InChI=1S/C19H20FNO4/c1-13(25-18(22)11-15-4-3-5-16(20)10-15)19(23)21-12-14-6-8-17(24-2)9-7-14/h3-10,13H,11-12H2,1-2H3,(H,21,23). The van der Waals surface area contributed by atoms with Gasteiger partial charge in [0.25, 0.3) is 5.91 Å². The number of esters is 1. The molecule has 0 aliphatic carbocycles. The van der Waals surface area contributed by atoms with E-state index in [0.29, 0.717) is 12.1 Å². The Kier molecular flexibility index (Phi) is 6.51. The highest BCUT2D eigenvalue weighted by molar-refractivity contribution is 5.83. The van der Waals surface area contributed by atoms with Gasteiger partial charge in [0.2, 0.25) is 0 Å². The molecule has 132 valence electrons. The topological polar surface area (TPSA) is 64.6 Å². The second kappa shape index (κ2) is 8.82. The summed E-state index contributed by atoms with van der Waals surface area (Å²) in [5, 5.41) is 2.70. The number of methoxy groups -OCH3 is 1. The molecule has 0 aliphatic heterocycles.